The van der Waals surface area contributed by atoms with Crippen molar-refractivity contribution in [3.8, 4) is 5.75 Å². The summed E-state index contributed by atoms with van der Waals surface area (Å²) in [4.78, 5) is 0. The number of hydrogen-bond acceptors (Lipinski definition) is 2. The monoisotopic (exact) mass is 287 g/mol. The predicted octanol–water partition coefficient (Wildman–Crippen LogP) is 4.38. The molecule has 2 aromatic rings. The minimum absolute atomic E-state index is 0.278. The van der Waals surface area contributed by atoms with E-state index in [9.17, 15) is 5.11 Å². The Hall–Kier alpha value is -1.74. The number of benzene rings is 2. The molecule has 0 unspecified atom stereocenters. The third kappa shape index (κ3) is 1.83. The summed E-state index contributed by atoms with van der Waals surface area (Å²) in [6, 6.07) is 11.4. The van der Waals surface area contributed by atoms with Gasteiger partial charge < -0.3 is 10.4 Å². The molecule has 2 N–H and O–H groups in total. The molecular weight excluding hydrogens is 278 g/mol. The number of aromatic hydroxyl groups is 1. The van der Waals surface area contributed by atoms with Crippen LogP contribution in [0.5, 0.6) is 5.75 Å². The van der Waals surface area contributed by atoms with Crippen LogP contribution in [0.25, 0.3) is 12.2 Å². The lowest BCUT2D eigenvalue weighted by atomic mass is 10.1. The van der Waals surface area contributed by atoms with Crippen molar-refractivity contribution in [2.45, 2.75) is 0 Å². The van der Waals surface area contributed by atoms with E-state index in [1.54, 1.807) is 12.1 Å². The van der Waals surface area contributed by atoms with Gasteiger partial charge in [-0.1, -0.05) is 34.1 Å². The average molecular weight is 288 g/mol. The zero-order chi connectivity index (χ0) is 11.8. The van der Waals surface area contributed by atoms with Gasteiger partial charge in [0.1, 0.15) is 5.75 Å². The van der Waals surface area contributed by atoms with Gasteiger partial charge in [-0.15, -0.1) is 0 Å². The van der Waals surface area contributed by atoms with E-state index in [0.29, 0.717) is 0 Å². The van der Waals surface area contributed by atoms with E-state index in [2.05, 4.69) is 21.2 Å². The summed E-state index contributed by atoms with van der Waals surface area (Å²) in [5, 5.41) is 12.8. The van der Waals surface area contributed by atoms with Crippen molar-refractivity contribution in [1.82, 2.24) is 0 Å². The maximum Gasteiger partial charge on any atom is 0.116 e. The lowest BCUT2D eigenvalue weighted by molar-refractivity contribution is 0.475. The molecule has 0 aromatic heterocycles. The van der Waals surface area contributed by atoms with E-state index in [-0.39, 0.29) is 5.75 Å². The van der Waals surface area contributed by atoms with Crippen molar-refractivity contribution in [3.63, 3.8) is 0 Å². The number of nitrogens with one attached hydrogen (secondary N) is 1. The molecule has 0 fully saturated rings. The van der Waals surface area contributed by atoms with Crippen molar-refractivity contribution < 1.29 is 5.11 Å². The lowest BCUT2D eigenvalue weighted by Crippen LogP contribution is -1.93. The molecule has 1 aliphatic heterocycles. The van der Waals surface area contributed by atoms with Crippen LogP contribution < -0.4 is 5.32 Å². The molecule has 0 aliphatic carbocycles. The van der Waals surface area contributed by atoms with Gasteiger partial charge in [-0.05, 0) is 30.3 Å². The smallest absolute Gasteiger partial charge is 0.116 e. The number of halogens is 1. The Kier molecular flexibility index (Phi) is 2.41. The van der Waals surface area contributed by atoms with Gasteiger partial charge in [0.25, 0.3) is 0 Å². The molecule has 0 bridgehead atoms. The molecule has 0 spiro atoms. The van der Waals surface area contributed by atoms with E-state index in [1.165, 1.54) is 0 Å². The first kappa shape index (κ1) is 10.4. The molecule has 2 aromatic carbocycles. The van der Waals surface area contributed by atoms with Crippen molar-refractivity contribution in [2.75, 3.05) is 5.32 Å². The first-order valence-electron chi connectivity index (χ1n) is 5.31. The van der Waals surface area contributed by atoms with Gasteiger partial charge in [0.05, 0.1) is 0 Å². The highest BCUT2D eigenvalue weighted by Crippen LogP contribution is 2.35. The van der Waals surface area contributed by atoms with Gasteiger partial charge in [0, 0.05) is 27.0 Å². The van der Waals surface area contributed by atoms with Crippen LogP contribution in [0.2, 0.25) is 0 Å². The van der Waals surface area contributed by atoms with Crippen molar-refractivity contribution in [3.05, 3.63) is 52.0 Å². The summed E-state index contributed by atoms with van der Waals surface area (Å²) in [7, 11) is 0. The third-order valence-electron chi connectivity index (χ3n) is 2.79. The van der Waals surface area contributed by atoms with Crippen LogP contribution in [-0.2, 0) is 0 Å². The summed E-state index contributed by atoms with van der Waals surface area (Å²) in [6.45, 7) is 0. The van der Waals surface area contributed by atoms with Gasteiger partial charge in [-0.3, -0.25) is 0 Å². The molecule has 0 radical (unpaired) electrons. The van der Waals surface area contributed by atoms with Crippen LogP contribution >= 0.6 is 15.9 Å². The Morgan fingerprint density at radius 2 is 1.88 bits per heavy atom. The Morgan fingerprint density at radius 1 is 1.00 bits per heavy atom. The molecule has 1 heterocycles. The molecule has 1 aliphatic rings. The molecule has 3 heteroatoms. The summed E-state index contributed by atoms with van der Waals surface area (Å²) >= 11 is 3.54. The van der Waals surface area contributed by atoms with Gasteiger partial charge in [0.2, 0.25) is 0 Å². The standard InChI is InChI=1S/C14H10BrNO/c15-12-2-1-3-14-11(12)6-4-9-8-10(17)5-7-13(9)16-14/h1-8,16-17H. The molecule has 0 saturated carbocycles. The molecule has 0 atom stereocenters. The van der Waals surface area contributed by atoms with Crippen LogP contribution in [0, 0.1) is 0 Å². The van der Waals surface area contributed by atoms with Gasteiger partial charge in [-0.25, -0.2) is 0 Å². The fraction of sp³-hybridized carbons (Fsp3) is 0. The van der Waals surface area contributed by atoms with Crippen LogP contribution in [0.4, 0.5) is 11.4 Å². The molecular formula is C14H10BrNO. The quantitative estimate of drug-likeness (QED) is 0.602. The van der Waals surface area contributed by atoms with Crippen molar-refractivity contribution in [2.24, 2.45) is 0 Å². The van der Waals surface area contributed by atoms with Crippen LogP contribution in [0.15, 0.2) is 40.9 Å². The highest BCUT2D eigenvalue weighted by molar-refractivity contribution is 9.10. The third-order valence-corrected chi connectivity index (χ3v) is 3.48. The number of phenols is 1. The number of phenolic OH excluding ortho intramolecular Hbond substituents is 1. The Morgan fingerprint density at radius 3 is 2.76 bits per heavy atom. The van der Waals surface area contributed by atoms with Gasteiger partial charge >= 0.3 is 0 Å². The lowest BCUT2D eigenvalue weighted by Gasteiger charge is -2.10. The maximum atomic E-state index is 9.48. The zero-order valence-electron chi connectivity index (χ0n) is 8.94. The number of hydrogen-bond donors (Lipinski definition) is 2. The minimum Gasteiger partial charge on any atom is -0.508 e. The van der Waals surface area contributed by atoms with E-state index in [0.717, 1.165) is 27.0 Å². The summed E-state index contributed by atoms with van der Waals surface area (Å²) < 4.78 is 1.05. The summed E-state index contributed by atoms with van der Waals surface area (Å²) in [5.41, 5.74) is 4.15. The first-order valence-corrected chi connectivity index (χ1v) is 6.10. The summed E-state index contributed by atoms with van der Waals surface area (Å²) in [6.07, 6.45) is 4.04. The average Bonchev–Trinajstić information content (AvgIpc) is 2.49. The maximum absolute atomic E-state index is 9.48. The molecule has 2 nitrogen and oxygen atoms in total. The number of rotatable bonds is 0. The molecule has 3 rings (SSSR count). The van der Waals surface area contributed by atoms with Crippen LogP contribution in [0.3, 0.4) is 0 Å². The predicted molar refractivity (Wildman–Crippen MR) is 74.5 cm³/mol. The highest BCUT2D eigenvalue weighted by atomic mass is 79.9. The highest BCUT2D eigenvalue weighted by Gasteiger charge is 2.10. The largest absolute Gasteiger partial charge is 0.508 e. The van der Waals surface area contributed by atoms with Gasteiger partial charge in [0.15, 0.2) is 0 Å². The second-order valence-electron chi connectivity index (χ2n) is 3.93. The van der Waals surface area contributed by atoms with E-state index in [1.807, 2.05) is 36.4 Å². The number of fused-ring (bicyclic) bond motifs is 2. The van der Waals surface area contributed by atoms with Crippen molar-refractivity contribution in [1.29, 1.82) is 0 Å². The minimum atomic E-state index is 0.278. The second-order valence-corrected chi connectivity index (χ2v) is 4.79. The molecule has 0 saturated heterocycles. The SMILES string of the molecule is Oc1ccc2c(c1)C=Cc1c(Br)cccc1N2. The second kappa shape index (κ2) is 3.93. The first-order chi connectivity index (χ1) is 8.24. The van der Waals surface area contributed by atoms with E-state index < -0.39 is 0 Å². The number of anilines is 2. The van der Waals surface area contributed by atoms with E-state index >= 15 is 0 Å². The molecule has 17 heavy (non-hydrogen) atoms. The van der Waals surface area contributed by atoms with Crippen molar-refractivity contribution >= 4 is 39.5 Å². The fourth-order valence-corrected chi connectivity index (χ4v) is 2.43. The van der Waals surface area contributed by atoms with Crippen LogP contribution in [-0.4, -0.2) is 5.11 Å². The van der Waals surface area contributed by atoms with E-state index in [4.69, 9.17) is 0 Å². The van der Waals surface area contributed by atoms with Gasteiger partial charge in [-0.2, -0.15) is 0 Å². The summed E-state index contributed by atoms with van der Waals surface area (Å²) in [5.74, 6) is 0.278. The molecule has 84 valence electrons. The fourth-order valence-electron chi connectivity index (χ4n) is 1.94. The molecule has 0 amide bonds. The Balaban J connectivity index is 2.19. The normalized spacial score (nSPS) is 12.3. The Labute approximate surface area is 108 Å². The topological polar surface area (TPSA) is 32.3 Å². The van der Waals surface area contributed by atoms with Crippen LogP contribution in [0.1, 0.15) is 11.1 Å². The Bertz CT molecular complexity index is 620. The zero-order valence-corrected chi connectivity index (χ0v) is 10.5.